The highest BCUT2D eigenvalue weighted by atomic mass is 16.2. The Bertz CT molecular complexity index is 1030. The Morgan fingerprint density at radius 1 is 1.09 bits per heavy atom. The molecule has 0 bridgehead atoms. The van der Waals surface area contributed by atoms with E-state index in [2.05, 4.69) is 64.2 Å². The van der Waals surface area contributed by atoms with E-state index >= 15 is 0 Å². The Labute approximate surface area is 196 Å². The number of carbonyl (C=O) groups is 1. The molecule has 7 nitrogen and oxygen atoms in total. The van der Waals surface area contributed by atoms with Crippen LogP contribution in [0, 0.1) is 17.2 Å². The first kappa shape index (κ1) is 21.8. The van der Waals surface area contributed by atoms with Crippen LogP contribution in [0.5, 0.6) is 0 Å². The fourth-order valence-electron chi connectivity index (χ4n) is 6.00. The summed E-state index contributed by atoms with van der Waals surface area (Å²) in [5.41, 5.74) is 1.42. The number of carbonyl (C=O) groups excluding carboxylic acids is 1. The number of hydrogen-bond acceptors (Lipinski definition) is 5. The molecule has 1 saturated heterocycles. The number of anilines is 1. The van der Waals surface area contributed by atoms with Gasteiger partial charge in [0.1, 0.15) is 6.07 Å². The molecule has 3 aliphatic rings. The monoisotopic (exact) mass is 444 g/mol. The summed E-state index contributed by atoms with van der Waals surface area (Å²) in [6, 6.07) is 12.8. The molecule has 33 heavy (non-hydrogen) atoms. The Morgan fingerprint density at radius 3 is 2.36 bits per heavy atom. The molecule has 3 fully saturated rings. The molecule has 2 aromatic rings. The molecule has 172 valence electrons. The van der Waals surface area contributed by atoms with Gasteiger partial charge in [0, 0.05) is 12.1 Å². The third kappa shape index (κ3) is 3.67. The van der Waals surface area contributed by atoms with E-state index in [0.29, 0.717) is 18.3 Å². The molecule has 2 aliphatic carbocycles. The lowest BCUT2D eigenvalue weighted by molar-refractivity contribution is 0.0172. The van der Waals surface area contributed by atoms with Gasteiger partial charge >= 0.3 is 6.03 Å². The Kier molecular flexibility index (Phi) is 5.57. The zero-order valence-corrected chi connectivity index (χ0v) is 19.6. The van der Waals surface area contributed by atoms with Crippen molar-refractivity contribution in [3.8, 4) is 6.07 Å². The van der Waals surface area contributed by atoms with Gasteiger partial charge in [-0.3, -0.25) is 9.80 Å². The van der Waals surface area contributed by atoms with Crippen LogP contribution in [0.1, 0.15) is 56.2 Å². The molecule has 0 atom stereocenters. The van der Waals surface area contributed by atoms with Gasteiger partial charge in [0.2, 0.25) is 0 Å². The lowest BCUT2D eigenvalue weighted by Crippen LogP contribution is -2.56. The predicted molar refractivity (Wildman–Crippen MR) is 127 cm³/mol. The number of nitriles is 1. The van der Waals surface area contributed by atoms with Gasteiger partial charge in [-0.15, -0.1) is 0 Å². The molecular formula is C26H32N6O. The van der Waals surface area contributed by atoms with Crippen molar-refractivity contribution in [1.29, 1.82) is 5.26 Å². The number of nitrogens with zero attached hydrogens (tertiary/aromatic N) is 6. The van der Waals surface area contributed by atoms with Crippen molar-refractivity contribution in [1.82, 2.24) is 19.8 Å². The molecule has 0 radical (unpaired) electrons. The maximum Gasteiger partial charge on any atom is 0.326 e. The summed E-state index contributed by atoms with van der Waals surface area (Å²) in [5.74, 6) is 1.15. The van der Waals surface area contributed by atoms with Crippen LogP contribution < -0.4 is 4.90 Å². The van der Waals surface area contributed by atoms with Crippen LogP contribution in [0.3, 0.4) is 0 Å². The zero-order valence-electron chi connectivity index (χ0n) is 19.6. The minimum atomic E-state index is -0.184. The van der Waals surface area contributed by atoms with Crippen LogP contribution in [-0.4, -0.2) is 58.5 Å². The zero-order chi connectivity index (χ0) is 23.1. The molecule has 1 aromatic carbocycles. The minimum absolute atomic E-state index is 0.0145. The molecular weight excluding hydrogens is 412 g/mol. The quantitative estimate of drug-likeness (QED) is 0.692. The molecule has 2 saturated carbocycles. The van der Waals surface area contributed by atoms with Crippen molar-refractivity contribution in [2.24, 2.45) is 5.92 Å². The normalized spacial score (nSPS) is 27.8. The summed E-state index contributed by atoms with van der Waals surface area (Å²) in [4.78, 5) is 28.6. The van der Waals surface area contributed by atoms with E-state index in [-0.39, 0.29) is 22.8 Å². The number of rotatable bonds is 5. The van der Waals surface area contributed by atoms with Gasteiger partial charge < -0.3 is 4.90 Å². The Balaban J connectivity index is 1.44. The maximum atomic E-state index is 13.7. The number of hydrogen-bond donors (Lipinski definition) is 0. The first-order valence-corrected chi connectivity index (χ1v) is 12.0. The van der Waals surface area contributed by atoms with Crippen LogP contribution in [0.4, 0.5) is 10.6 Å². The first-order chi connectivity index (χ1) is 16.0. The van der Waals surface area contributed by atoms with E-state index < -0.39 is 0 Å². The van der Waals surface area contributed by atoms with Crippen LogP contribution in [-0.2, 0) is 5.54 Å². The van der Waals surface area contributed by atoms with Gasteiger partial charge in [-0.1, -0.05) is 36.8 Å². The average Bonchev–Trinajstić information content (AvgIpc) is 3.08. The van der Waals surface area contributed by atoms with Crippen LogP contribution in [0.15, 0.2) is 42.7 Å². The predicted octanol–water partition coefficient (Wildman–Crippen LogP) is 4.16. The van der Waals surface area contributed by atoms with Crippen molar-refractivity contribution < 1.29 is 4.79 Å². The summed E-state index contributed by atoms with van der Waals surface area (Å²) >= 11 is 0. The van der Waals surface area contributed by atoms with Gasteiger partial charge in [0.05, 0.1) is 24.5 Å². The fraction of sp³-hybridized carbons (Fsp3) is 0.538. The lowest BCUT2D eigenvalue weighted by Gasteiger charge is -2.51. The molecule has 2 heterocycles. The van der Waals surface area contributed by atoms with Crippen LogP contribution in [0.25, 0.3) is 0 Å². The van der Waals surface area contributed by atoms with Crippen molar-refractivity contribution in [2.45, 2.75) is 56.0 Å². The van der Waals surface area contributed by atoms with Gasteiger partial charge in [0.25, 0.3) is 0 Å². The summed E-state index contributed by atoms with van der Waals surface area (Å²) < 4.78 is 0. The summed E-state index contributed by atoms with van der Waals surface area (Å²) in [7, 11) is 4.35. The second-order valence-electron chi connectivity index (χ2n) is 10.2. The lowest BCUT2D eigenvalue weighted by atomic mass is 9.68. The SMILES string of the molecule is CN(C)[C@]1(c2ccccc2)CC[C@]2(CC1)CN(c1cnc(C#N)cn1)C(=O)N2CC1CCC1. The summed E-state index contributed by atoms with van der Waals surface area (Å²) in [6.45, 7) is 1.47. The molecule has 7 heteroatoms. The van der Waals surface area contributed by atoms with E-state index in [9.17, 15) is 4.79 Å². The minimum Gasteiger partial charge on any atom is -0.317 e. The standard InChI is InChI=1S/C26H32N6O/c1-30(2)26(21-9-4-3-5-10-21)13-11-25(12-14-26)19-31(23-17-28-22(15-27)16-29-23)24(33)32(25)18-20-7-6-8-20/h3-5,9-10,16-17,20H,6-8,11-14,18-19H2,1-2H3/t25-,26+. The Hall–Kier alpha value is -2.98. The topological polar surface area (TPSA) is 76.4 Å². The average molecular weight is 445 g/mol. The molecule has 0 N–H and O–H groups in total. The molecule has 1 aliphatic heterocycles. The highest BCUT2D eigenvalue weighted by Crippen LogP contribution is 2.50. The van der Waals surface area contributed by atoms with E-state index in [1.807, 2.05) is 6.07 Å². The number of amides is 2. The third-order valence-corrected chi connectivity index (χ3v) is 8.36. The smallest absolute Gasteiger partial charge is 0.317 e. The first-order valence-electron chi connectivity index (χ1n) is 12.0. The second kappa shape index (κ2) is 8.42. The maximum absolute atomic E-state index is 13.7. The highest BCUT2D eigenvalue weighted by Gasteiger charge is 2.55. The van der Waals surface area contributed by atoms with E-state index in [1.54, 1.807) is 11.1 Å². The van der Waals surface area contributed by atoms with E-state index in [0.717, 1.165) is 32.2 Å². The highest BCUT2D eigenvalue weighted by molar-refractivity contribution is 5.94. The van der Waals surface area contributed by atoms with Crippen molar-refractivity contribution in [3.05, 3.63) is 54.0 Å². The molecule has 2 amide bonds. The summed E-state index contributed by atoms with van der Waals surface area (Å²) in [5, 5.41) is 9.06. The number of urea groups is 1. The van der Waals surface area contributed by atoms with Gasteiger partial charge in [-0.25, -0.2) is 14.8 Å². The fourth-order valence-corrected chi connectivity index (χ4v) is 6.00. The molecule has 0 unspecified atom stereocenters. The number of aromatic nitrogens is 2. The summed E-state index contributed by atoms with van der Waals surface area (Å²) in [6.07, 6.45) is 10.6. The van der Waals surface area contributed by atoms with Gasteiger partial charge in [-0.2, -0.15) is 5.26 Å². The Morgan fingerprint density at radius 2 is 1.82 bits per heavy atom. The number of benzene rings is 1. The third-order valence-electron chi connectivity index (χ3n) is 8.36. The van der Waals surface area contributed by atoms with E-state index in [4.69, 9.17) is 5.26 Å². The van der Waals surface area contributed by atoms with Gasteiger partial charge in [-0.05, 0) is 64.1 Å². The van der Waals surface area contributed by atoms with Crippen molar-refractivity contribution in [2.75, 3.05) is 32.1 Å². The van der Waals surface area contributed by atoms with Crippen LogP contribution in [0.2, 0.25) is 0 Å². The van der Waals surface area contributed by atoms with E-state index in [1.165, 1.54) is 31.0 Å². The largest absolute Gasteiger partial charge is 0.326 e. The van der Waals surface area contributed by atoms with Crippen molar-refractivity contribution >= 4 is 11.8 Å². The second-order valence-corrected chi connectivity index (χ2v) is 10.2. The molecule has 5 rings (SSSR count). The van der Waals surface area contributed by atoms with Crippen molar-refractivity contribution in [3.63, 3.8) is 0 Å². The molecule has 1 aromatic heterocycles. The molecule has 1 spiro atoms. The van der Waals surface area contributed by atoms with Crippen LogP contribution >= 0.6 is 0 Å². The van der Waals surface area contributed by atoms with Gasteiger partial charge in [0.15, 0.2) is 11.5 Å².